The van der Waals surface area contributed by atoms with Crippen molar-refractivity contribution in [2.75, 3.05) is 6.54 Å². The molecule has 0 radical (unpaired) electrons. The molecule has 6 heteroatoms. The summed E-state index contributed by atoms with van der Waals surface area (Å²) in [5, 5.41) is 4.10. The predicted octanol–water partition coefficient (Wildman–Crippen LogP) is 6.39. The highest BCUT2D eigenvalue weighted by molar-refractivity contribution is 6.31. The largest absolute Gasteiger partial charge is 0.458 e. The average Bonchev–Trinajstić information content (AvgIpc) is 2.79. The van der Waals surface area contributed by atoms with E-state index >= 15 is 0 Å². The number of nitrogens with one attached hydrogen (secondary N) is 1. The fourth-order valence-corrected chi connectivity index (χ4v) is 3.74. The van der Waals surface area contributed by atoms with Gasteiger partial charge in [-0.25, -0.2) is 4.79 Å². The fraction of sp³-hybridized carbons (Fsp3) is 0.231. The first kappa shape index (κ1) is 23.8. The third-order valence-corrected chi connectivity index (χ3v) is 5.70. The number of ether oxygens (including phenoxy) is 1. The minimum Gasteiger partial charge on any atom is -0.458 e. The van der Waals surface area contributed by atoms with Crippen LogP contribution in [0.1, 0.15) is 46.0 Å². The molecule has 3 rings (SSSR count). The number of hydrogen-bond acceptors (Lipinski definition) is 3. The standard InChI is InChI=1S/C26H25Cl2NO3/c1-17(2)24(32-26(31)20-10-14-22(28)15-11-20)23(18-6-4-3-5-7-18)16-29-25(30)19-8-12-21(27)13-9-19/h3-15,17,23-24H,16H2,1-2H3,(H,29,30). The molecule has 0 fully saturated rings. The molecule has 0 bridgehead atoms. The van der Waals surface area contributed by atoms with Gasteiger partial charge in [-0.1, -0.05) is 67.4 Å². The van der Waals surface area contributed by atoms with Gasteiger partial charge in [0, 0.05) is 28.1 Å². The van der Waals surface area contributed by atoms with Crippen LogP contribution in [0.4, 0.5) is 0 Å². The van der Waals surface area contributed by atoms with E-state index in [4.69, 9.17) is 27.9 Å². The molecule has 4 nitrogen and oxygen atoms in total. The number of carbonyl (C=O) groups excluding carboxylic acids is 2. The van der Waals surface area contributed by atoms with Crippen molar-refractivity contribution >= 4 is 35.1 Å². The number of rotatable bonds is 8. The Kier molecular flexibility index (Phi) is 8.32. The maximum atomic E-state index is 12.8. The molecule has 0 spiro atoms. The Morgan fingerprint density at radius 1 is 0.812 bits per heavy atom. The smallest absolute Gasteiger partial charge is 0.338 e. The minimum atomic E-state index is -0.453. The number of amides is 1. The first-order chi connectivity index (χ1) is 15.3. The van der Waals surface area contributed by atoms with Crippen molar-refractivity contribution in [2.24, 2.45) is 5.92 Å². The van der Waals surface area contributed by atoms with Gasteiger partial charge in [0.15, 0.2) is 0 Å². The molecule has 0 saturated carbocycles. The number of benzene rings is 3. The summed E-state index contributed by atoms with van der Waals surface area (Å²) in [5.41, 5.74) is 1.92. The lowest BCUT2D eigenvalue weighted by Gasteiger charge is -2.30. The van der Waals surface area contributed by atoms with E-state index in [0.717, 1.165) is 5.56 Å². The van der Waals surface area contributed by atoms with Gasteiger partial charge < -0.3 is 10.1 Å². The zero-order valence-corrected chi connectivity index (χ0v) is 19.4. The summed E-state index contributed by atoms with van der Waals surface area (Å²) < 4.78 is 5.96. The zero-order valence-electron chi connectivity index (χ0n) is 17.9. The zero-order chi connectivity index (χ0) is 23.1. The van der Waals surface area contributed by atoms with Crippen molar-refractivity contribution in [1.82, 2.24) is 5.32 Å². The van der Waals surface area contributed by atoms with E-state index < -0.39 is 12.1 Å². The summed E-state index contributed by atoms with van der Waals surface area (Å²) in [5.74, 6) is -0.855. The second-order valence-electron chi connectivity index (χ2n) is 7.85. The minimum absolute atomic E-state index is 0.0175. The average molecular weight is 470 g/mol. The Labute approximate surface area is 198 Å². The van der Waals surface area contributed by atoms with Crippen LogP contribution in [0.2, 0.25) is 10.0 Å². The molecule has 1 amide bonds. The maximum absolute atomic E-state index is 12.8. The van der Waals surface area contributed by atoms with E-state index in [1.165, 1.54) is 0 Å². The molecule has 1 N–H and O–H groups in total. The Balaban J connectivity index is 1.81. The third kappa shape index (κ3) is 6.35. The van der Waals surface area contributed by atoms with E-state index in [0.29, 0.717) is 27.7 Å². The Morgan fingerprint density at radius 3 is 1.88 bits per heavy atom. The topological polar surface area (TPSA) is 55.4 Å². The summed E-state index contributed by atoms with van der Waals surface area (Å²) in [4.78, 5) is 25.5. The second-order valence-corrected chi connectivity index (χ2v) is 8.73. The number of halogens is 2. The highest BCUT2D eigenvalue weighted by Gasteiger charge is 2.30. The number of hydrogen-bond donors (Lipinski definition) is 1. The van der Waals surface area contributed by atoms with Crippen LogP contribution in [0.3, 0.4) is 0 Å². The van der Waals surface area contributed by atoms with Crippen LogP contribution in [0, 0.1) is 5.92 Å². The predicted molar refractivity (Wildman–Crippen MR) is 128 cm³/mol. The van der Waals surface area contributed by atoms with E-state index in [1.807, 2.05) is 44.2 Å². The van der Waals surface area contributed by atoms with Gasteiger partial charge in [0.2, 0.25) is 0 Å². The molecule has 0 aliphatic carbocycles. The lowest BCUT2D eigenvalue weighted by molar-refractivity contribution is 0.00953. The molecule has 166 valence electrons. The molecule has 0 aromatic heterocycles. The van der Waals surface area contributed by atoms with Gasteiger partial charge in [-0.3, -0.25) is 4.79 Å². The molecule has 2 atom stereocenters. The molecule has 0 heterocycles. The normalized spacial score (nSPS) is 12.8. The van der Waals surface area contributed by atoms with E-state index in [-0.39, 0.29) is 17.7 Å². The molecule has 2 unspecified atom stereocenters. The molecule has 0 aliphatic rings. The fourth-order valence-electron chi connectivity index (χ4n) is 3.49. The molecule has 0 aliphatic heterocycles. The number of esters is 1. The second kappa shape index (κ2) is 11.2. The summed E-state index contributed by atoms with van der Waals surface area (Å²) >= 11 is 11.9. The van der Waals surface area contributed by atoms with Crippen LogP contribution in [-0.4, -0.2) is 24.5 Å². The van der Waals surface area contributed by atoms with Crippen LogP contribution < -0.4 is 5.32 Å². The van der Waals surface area contributed by atoms with Gasteiger partial charge in [0.05, 0.1) is 5.56 Å². The maximum Gasteiger partial charge on any atom is 0.338 e. The van der Waals surface area contributed by atoms with Crippen molar-refractivity contribution in [3.63, 3.8) is 0 Å². The van der Waals surface area contributed by atoms with Crippen LogP contribution >= 0.6 is 23.2 Å². The molecular weight excluding hydrogens is 445 g/mol. The highest BCUT2D eigenvalue weighted by atomic mass is 35.5. The van der Waals surface area contributed by atoms with Crippen LogP contribution in [0.5, 0.6) is 0 Å². The van der Waals surface area contributed by atoms with Crippen molar-refractivity contribution in [3.8, 4) is 0 Å². The first-order valence-corrected chi connectivity index (χ1v) is 11.2. The molecule has 3 aromatic carbocycles. The van der Waals surface area contributed by atoms with Gasteiger partial charge in [0.1, 0.15) is 6.10 Å². The summed E-state index contributed by atoms with van der Waals surface area (Å²) in [6, 6.07) is 23.0. The quantitative estimate of drug-likeness (QED) is 0.388. The van der Waals surface area contributed by atoms with Crippen LogP contribution in [0.15, 0.2) is 78.9 Å². The summed E-state index contributed by atoms with van der Waals surface area (Å²) in [6.07, 6.45) is -0.453. The Hall–Kier alpha value is -2.82. The SMILES string of the molecule is CC(C)C(OC(=O)c1ccc(Cl)cc1)C(CNC(=O)c1ccc(Cl)cc1)c1ccccc1. The third-order valence-electron chi connectivity index (χ3n) is 5.19. The summed E-state index contributed by atoms with van der Waals surface area (Å²) in [6.45, 7) is 4.30. The van der Waals surface area contributed by atoms with Crippen molar-refractivity contribution in [2.45, 2.75) is 25.9 Å². The van der Waals surface area contributed by atoms with Gasteiger partial charge in [-0.05, 0) is 60.0 Å². The first-order valence-electron chi connectivity index (χ1n) is 10.4. The molecule has 0 saturated heterocycles. The van der Waals surface area contributed by atoms with Crippen LogP contribution in [0.25, 0.3) is 0 Å². The van der Waals surface area contributed by atoms with Gasteiger partial charge in [-0.2, -0.15) is 0 Å². The summed E-state index contributed by atoms with van der Waals surface area (Å²) in [7, 11) is 0. The molecule has 32 heavy (non-hydrogen) atoms. The molecule has 3 aromatic rings. The lowest BCUT2D eigenvalue weighted by Crippen LogP contribution is -2.38. The van der Waals surface area contributed by atoms with Crippen molar-refractivity contribution in [1.29, 1.82) is 0 Å². The Bertz CT molecular complexity index is 1030. The van der Waals surface area contributed by atoms with Gasteiger partial charge in [-0.15, -0.1) is 0 Å². The van der Waals surface area contributed by atoms with Crippen molar-refractivity contribution in [3.05, 3.63) is 106 Å². The monoisotopic (exact) mass is 469 g/mol. The lowest BCUT2D eigenvalue weighted by atomic mass is 9.86. The van der Waals surface area contributed by atoms with Crippen LogP contribution in [-0.2, 0) is 4.74 Å². The van der Waals surface area contributed by atoms with Gasteiger partial charge in [0.25, 0.3) is 5.91 Å². The van der Waals surface area contributed by atoms with E-state index in [2.05, 4.69) is 5.32 Å². The van der Waals surface area contributed by atoms with E-state index in [9.17, 15) is 9.59 Å². The van der Waals surface area contributed by atoms with E-state index in [1.54, 1.807) is 48.5 Å². The van der Waals surface area contributed by atoms with Gasteiger partial charge >= 0.3 is 5.97 Å². The Morgan fingerprint density at radius 2 is 1.34 bits per heavy atom. The van der Waals surface area contributed by atoms with Crippen molar-refractivity contribution < 1.29 is 14.3 Å². The number of carbonyl (C=O) groups is 2. The highest BCUT2D eigenvalue weighted by Crippen LogP contribution is 2.28. The molecular formula is C26H25Cl2NO3.